The zero-order valence-corrected chi connectivity index (χ0v) is 11.1. The van der Waals surface area contributed by atoms with Gasteiger partial charge in [0.15, 0.2) is 0 Å². The van der Waals surface area contributed by atoms with Crippen LogP contribution in [0.25, 0.3) is 0 Å². The van der Waals surface area contributed by atoms with Gasteiger partial charge in [0.05, 0.1) is 6.61 Å². The summed E-state index contributed by atoms with van der Waals surface area (Å²) in [6.45, 7) is 7.88. The van der Waals surface area contributed by atoms with Gasteiger partial charge in [0.25, 0.3) is 0 Å². The highest BCUT2D eigenvalue weighted by atomic mass is 16.7. The highest BCUT2D eigenvalue weighted by Crippen LogP contribution is 2.67. The maximum absolute atomic E-state index is 6.12. The van der Waals surface area contributed by atoms with Crippen LogP contribution in [0, 0.1) is 11.3 Å². The van der Waals surface area contributed by atoms with E-state index < -0.39 is 0 Å². The molecular weight excluding hydrogens is 212 g/mol. The summed E-state index contributed by atoms with van der Waals surface area (Å²) < 4.78 is 12.1. The van der Waals surface area contributed by atoms with Crippen LogP contribution in [0.1, 0.15) is 46.5 Å². The van der Waals surface area contributed by atoms with E-state index in [-0.39, 0.29) is 17.3 Å². The molecule has 2 aliphatic heterocycles. The maximum atomic E-state index is 6.12. The summed E-state index contributed by atoms with van der Waals surface area (Å²) in [5, 5.41) is 0. The number of ether oxygens (including phenoxy) is 2. The van der Waals surface area contributed by atoms with Gasteiger partial charge in [-0.15, -0.1) is 0 Å². The summed E-state index contributed by atoms with van der Waals surface area (Å²) in [5.41, 5.74) is 2.04. The molecule has 17 heavy (non-hydrogen) atoms. The first-order valence-corrected chi connectivity index (χ1v) is 7.03. The van der Waals surface area contributed by atoms with E-state index in [1.165, 1.54) is 25.7 Å². The van der Waals surface area contributed by atoms with Crippen LogP contribution in [-0.4, -0.2) is 23.9 Å². The van der Waals surface area contributed by atoms with Crippen LogP contribution < -0.4 is 0 Å². The Morgan fingerprint density at radius 2 is 2.18 bits per heavy atom. The number of allylic oxidation sites excluding steroid dienone is 1. The summed E-state index contributed by atoms with van der Waals surface area (Å²) in [4.78, 5) is 0. The molecule has 2 heteroatoms. The van der Waals surface area contributed by atoms with Gasteiger partial charge in [0.2, 0.25) is 0 Å². The van der Waals surface area contributed by atoms with E-state index in [9.17, 15) is 0 Å². The van der Waals surface area contributed by atoms with Gasteiger partial charge in [-0.1, -0.05) is 25.5 Å². The van der Waals surface area contributed by atoms with Gasteiger partial charge in [-0.25, -0.2) is 0 Å². The van der Waals surface area contributed by atoms with Gasteiger partial charge < -0.3 is 9.47 Å². The minimum Gasteiger partial charge on any atom is -0.368 e. The standard InChI is InChI=1S/C15H22O2/c1-10-5-4-6-11-7-12-15(8-13(10,11)2)14(3,17-15)9-16-12/h7,10,12H,4-6,8-9H2,1-3H3/t10-,12?,13+,14?,15?/m1/s1. The molecule has 2 nitrogen and oxygen atoms in total. The summed E-state index contributed by atoms with van der Waals surface area (Å²) in [6, 6.07) is 0. The van der Waals surface area contributed by atoms with Crippen LogP contribution in [0.15, 0.2) is 11.6 Å². The first-order valence-electron chi connectivity index (χ1n) is 7.03. The first kappa shape index (κ1) is 10.6. The van der Waals surface area contributed by atoms with Crippen LogP contribution >= 0.6 is 0 Å². The molecule has 94 valence electrons. The van der Waals surface area contributed by atoms with E-state index in [1.807, 2.05) is 0 Å². The maximum Gasteiger partial charge on any atom is 0.130 e. The largest absolute Gasteiger partial charge is 0.368 e. The summed E-state index contributed by atoms with van der Waals surface area (Å²) in [7, 11) is 0. The Hall–Kier alpha value is -0.340. The van der Waals surface area contributed by atoms with E-state index in [2.05, 4.69) is 26.8 Å². The molecule has 0 radical (unpaired) electrons. The Balaban J connectivity index is 1.79. The minimum atomic E-state index is 0.0138. The quantitative estimate of drug-likeness (QED) is 0.474. The lowest BCUT2D eigenvalue weighted by atomic mass is 9.57. The molecule has 2 heterocycles. The Kier molecular flexibility index (Phi) is 1.74. The van der Waals surface area contributed by atoms with Gasteiger partial charge in [-0.2, -0.15) is 0 Å². The van der Waals surface area contributed by atoms with Crippen molar-refractivity contribution in [2.24, 2.45) is 11.3 Å². The van der Waals surface area contributed by atoms with Crippen LogP contribution in [0.4, 0.5) is 0 Å². The number of rotatable bonds is 0. The Labute approximate surface area is 103 Å². The molecule has 3 unspecified atom stereocenters. The van der Waals surface area contributed by atoms with Crippen molar-refractivity contribution in [1.29, 1.82) is 0 Å². The van der Waals surface area contributed by atoms with Crippen molar-refractivity contribution in [3.8, 4) is 0 Å². The Morgan fingerprint density at radius 3 is 2.94 bits per heavy atom. The van der Waals surface area contributed by atoms with Crippen LogP contribution in [0.2, 0.25) is 0 Å². The second kappa shape index (κ2) is 2.80. The molecule has 0 amide bonds. The monoisotopic (exact) mass is 234 g/mol. The molecule has 0 aromatic heterocycles. The van der Waals surface area contributed by atoms with Crippen molar-refractivity contribution in [1.82, 2.24) is 0 Å². The molecule has 4 aliphatic rings. The molecule has 0 aromatic carbocycles. The van der Waals surface area contributed by atoms with Crippen molar-refractivity contribution < 1.29 is 9.47 Å². The number of epoxide rings is 1. The minimum absolute atomic E-state index is 0.0138. The molecule has 0 bridgehead atoms. The normalized spacial score (nSPS) is 60.1. The highest BCUT2D eigenvalue weighted by molar-refractivity contribution is 5.36. The molecule has 1 saturated carbocycles. The lowest BCUT2D eigenvalue weighted by molar-refractivity contribution is -0.0170. The first-order chi connectivity index (χ1) is 8.00. The van der Waals surface area contributed by atoms with Gasteiger partial charge in [0, 0.05) is 0 Å². The molecule has 0 aromatic rings. The molecule has 1 spiro atoms. The molecule has 2 saturated heterocycles. The van der Waals surface area contributed by atoms with Gasteiger partial charge in [-0.3, -0.25) is 0 Å². The SMILES string of the molecule is C[C@@H]1CCCC2=CC3OCC4(C)OC34C[C@]21C. The second-order valence-electron chi connectivity index (χ2n) is 7.03. The average Bonchev–Trinajstić information content (AvgIpc) is 2.75. The Bertz CT molecular complexity index is 415. The van der Waals surface area contributed by atoms with E-state index in [1.54, 1.807) is 5.57 Å². The van der Waals surface area contributed by atoms with Crippen molar-refractivity contribution in [2.45, 2.75) is 63.8 Å². The fourth-order valence-corrected chi connectivity index (χ4v) is 4.59. The van der Waals surface area contributed by atoms with Crippen LogP contribution in [-0.2, 0) is 9.47 Å². The van der Waals surface area contributed by atoms with E-state index >= 15 is 0 Å². The molecule has 4 rings (SSSR count). The fourth-order valence-electron chi connectivity index (χ4n) is 4.59. The summed E-state index contributed by atoms with van der Waals surface area (Å²) in [5.74, 6) is 0.784. The third-order valence-electron chi connectivity index (χ3n) is 6.15. The Morgan fingerprint density at radius 1 is 1.35 bits per heavy atom. The number of hydrogen-bond donors (Lipinski definition) is 0. The fraction of sp³-hybridized carbons (Fsp3) is 0.867. The molecule has 5 atom stereocenters. The summed E-state index contributed by atoms with van der Waals surface area (Å²) >= 11 is 0. The predicted molar refractivity (Wildman–Crippen MR) is 65.8 cm³/mol. The third-order valence-corrected chi connectivity index (χ3v) is 6.15. The zero-order chi connectivity index (χ0) is 11.9. The highest BCUT2D eigenvalue weighted by Gasteiger charge is 2.77. The topological polar surface area (TPSA) is 21.8 Å². The van der Waals surface area contributed by atoms with Gasteiger partial charge >= 0.3 is 0 Å². The predicted octanol–water partition coefficient (Wildman–Crippen LogP) is 3.07. The second-order valence-corrected chi connectivity index (χ2v) is 7.03. The van der Waals surface area contributed by atoms with Crippen LogP contribution in [0.5, 0.6) is 0 Å². The lowest BCUT2D eigenvalue weighted by Crippen LogP contribution is -2.45. The zero-order valence-electron chi connectivity index (χ0n) is 11.1. The van der Waals surface area contributed by atoms with Crippen molar-refractivity contribution >= 4 is 0 Å². The van der Waals surface area contributed by atoms with Crippen molar-refractivity contribution in [2.75, 3.05) is 6.61 Å². The van der Waals surface area contributed by atoms with Gasteiger partial charge in [-0.05, 0) is 43.9 Å². The summed E-state index contributed by atoms with van der Waals surface area (Å²) in [6.07, 6.45) is 7.81. The lowest BCUT2D eigenvalue weighted by Gasteiger charge is -2.47. The number of fused-ring (bicyclic) bond motifs is 1. The van der Waals surface area contributed by atoms with Crippen molar-refractivity contribution in [3.05, 3.63) is 11.6 Å². The van der Waals surface area contributed by atoms with E-state index in [4.69, 9.17) is 9.47 Å². The number of hydrogen-bond acceptors (Lipinski definition) is 2. The smallest absolute Gasteiger partial charge is 0.130 e. The molecule has 0 N–H and O–H groups in total. The van der Waals surface area contributed by atoms with E-state index in [0.29, 0.717) is 5.41 Å². The molecular formula is C15H22O2. The third kappa shape index (κ3) is 1.05. The molecule has 2 aliphatic carbocycles. The van der Waals surface area contributed by atoms with E-state index in [0.717, 1.165) is 12.5 Å². The average molecular weight is 234 g/mol. The van der Waals surface area contributed by atoms with Crippen molar-refractivity contribution in [3.63, 3.8) is 0 Å². The van der Waals surface area contributed by atoms with Gasteiger partial charge in [0.1, 0.15) is 17.3 Å². The van der Waals surface area contributed by atoms with Crippen LogP contribution in [0.3, 0.4) is 0 Å². The molecule has 3 fully saturated rings.